The zero-order valence-electron chi connectivity index (χ0n) is 11.0. The summed E-state index contributed by atoms with van der Waals surface area (Å²) in [7, 11) is -3.19. The Hall–Kier alpha value is -0.170. The fourth-order valence-corrected chi connectivity index (χ4v) is 3.27. The Morgan fingerprint density at radius 1 is 1.24 bits per heavy atom. The molecule has 6 heteroatoms. The highest BCUT2D eigenvalue weighted by Crippen LogP contribution is 2.11. The topological polar surface area (TPSA) is 58.6 Å². The summed E-state index contributed by atoms with van der Waals surface area (Å²) in [5.41, 5.74) is 0. The number of hydrogen-bond donors (Lipinski definition) is 1. The molecular weight excluding hydrogens is 240 g/mol. The highest BCUT2D eigenvalue weighted by atomic mass is 32.2. The SMILES string of the molecule is CC(C)NCC(C)S(=O)(=O)N1CCCOCC1. The first-order valence-corrected chi connectivity index (χ1v) is 7.75. The van der Waals surface area contributed by atoms with Gasteiger partial charge in [-0.2, -0.15) is 4.31 Å². The fraction of sp³-hybridized carbons (Fsp3) is 1.00. The zero-order chi connectivity index (χ0) is 12.9. The fourth-order valence-electron chi connectivity index (χ4n) is 1.74. The lowest BCUT2D eigenvalue weighted by atomic mass is 10.3. The lowest BCUT2D eigenvalue weighted by Gasteiger charge is -2.24. The third kappa shape index (κ3) is 4.54. The van der Waals surface area contributed by atoms with Crippen molar-refractivity contribution in [3.63, 3.8) is 0 Å². The predicted octanol–water partition coefficient (Wildman–Crippen LogP) is 0.425. The van der Waals surface area contributed by atoms with Crippen LogP contribution in [0.5, 0.6) is 0 Å². The number of nitrogens with one attached hydrogen (secondary N) is 1. The van der Waals surface area contributed by atoms with E-state index in [-0.39, 0.29) is 5.25 Å². The second-order valence-electron chi connectivity index (χ2n) is 4.78. The van der Waals surface area contributed by atoms with Gasteiger partial charge in [0.1, 0.15) is 0 Å². The molecule has 0 spiro atoms. The maximum atomic E-state index is 12.3. The molecule has 102 valence electrons. The molecule has 17 heavy (non-hydrogen) atoms. The minimum absolute atomic E-state index is 0.306. The van der Waals surface area contributed by atoms with Gasteiger partial charge >= 0.3 is 0 Å². The quantitative estimate of drug-likeness (QED) is 0.782. The Bertz CT molecular complexity index is 309. The van der Waals surface area contributed by atoms with E-state index in [4.69, 9.17) is 4.74 Å². The van der Waals surface area contributed by atoms with Crippen molar-refractivity contribution in [3.8, 4) is 0 Å². The second-order valence-corrected chi connectivity index (χ2v) is 7.13. The van der Waals surface area contributed by atoms with Crippen LogP contribution in [0.1, 0.15) is 27.2 Å². The number of nitrogens with zero attached hydrogens (tertiary/aromatic N) is 1. The molecule has 0 aromatic carbocycles. The molecule has 1 aliphatic rings. The maximum absolute atomic E-state index is 12.3. The molecule has 0 saturated carbocycles. The zero-order valence-corrected chi connectivity index (χ0v) is 11.8. The van der Waals surface area contributed by atoms with E-state index in [1.165, 1.54) is 0 Å². The lowest BCUT2D eigenvalue weighted by Crippen LogP contribution is -2.44. The van der Waals surface area contributed by atoms with Gasteiger partial charge in [0.15, 0.2) is 0 Å². The average molecular weight is 264 g/mol. The van der Waals surface area contributed by atoms with Gasteiger partial charge in [-0.1, -0.05) is 13.8 Å². The molecule has 0 aromatic heterocycles. The van der Waals surface area contributed by atoms with Gasteiger partial charge < -0.3 is 10.1 Å². The summed E-state index contributed by atoms with van der Waals surface area (Å²) in [6.07, 6.45) is 0.781. The van der Waals surface area contributed by atoms with Crippen LogP contribution in [0.15, 0.2) is 0 Å². The minimum atomic E-state index is -3.19. The molecule has 1 atom stereocenters. The van der Waals surface area contributed by atoms with Gasteiger partial charge in [-0.3, -0.25) is 0 Å². The molecule has 1 N–H and O–H groups in total. The summed E-state index contributed by atoms with van der Waals surface area (Å²) < 4.78 is 31.4. The van der Waals surface area contributed by atoms with E-state index in [9.17, 15) is 8.42 Å². The summed E-state index contributed by atoms with van der Waals surface area (Å²) >= 11 is 0. The molecule has 0 aromatic rings. The highest BCUT2D eigenvalue weighted by Gasteiger charge is 2.29. The van der Waals surface area contributed by atoms with Crippen LogP contribution in [-0.2, 0) is 14.8 Å². The molecule has 0 aliphatic carbocycles. The van der Waals surface area contributed by atoms with Gasteiger partial charge in [0.2, 0.25) is 10.0 Å². The normalized spacial score (nSPS) is 21.4. The van der Waals surface area contributed by atoms with Gasteiger partial charge in [-0.25, -0.2) is 8.42 Å². The number of sulfonamides is 1. The smallest absolute Gasteiger partial charge is 0.218 e. The molecule has 0 bridgehead atoms. The third-order valence-electron chi connectivity index (χ3n) is 2.86. The van der Waals surface area contributed by atoms with Crippen LogP contribution in [0.2, 0.25) is 0 Å². The van der Waals surface area contributed by atoms with Crippen LogP contribution < -0.4 is 5.32 Å². The average Bonchev–Trinajstić information content (AvgIpc) is 2.54. The standard InChI is InChI=1S/C11H24N2O3S/c1-10(2)12-9-11(3)17(14,15)13-5-4-7-16-8-6-13/h10-12H,4-9H2,1-3H3. The molecule has 1 aliphatic heterocycles. The van der Waals surface area contributed by atoms with Crippen molar-refractivity contribution in [1.82, 2.24) is 9.62 Å². The summed E-state index contributed by atoms with van der Waals surface area (Å²) in [6.45, 7) is 8.50. The van der Waals surface area contributed by atoms with E-state index < -0.39 is 10.0 Å². The number of hydrogen-bond acceptors (Lipinski definition) is 4. The first-order chi connectivity index (χ1) is 7.94. The van der Waals surface area contributed by atoms with Crippen molar-refractivity contribution in [3.05, 3.63) is 0 Å². The Kier molecular flexibility index (Phi) is 5.85. The monoisotopic (exact) mass is 264 g/mol. The van der Waals surface area contributed by atoms with Gasteiger partial charge in [0, 0.05) is 32.3 Å². The van der Waals surface area contributed by atoms with Crippen molar-refractivity contribution in [2.75, 3.05) is 32.8 Å². The second kappa shape index (κ2) is 6.68. The highest BCUT2D eigenvalue weighted by molar-refractivity contribution is 7.89. The Morgan fingerprint density at radius 2 is 1.94 bits per heavy atom. The maximum Gasteiger partial charge on any atom is 0.218 e. The summed E-state index contributed by atoms with van der Waals surface area (Å²) in [5.74, 6) is 0. The first kappa shape index (κ1) is 14.9. The summed E-state index contributed by atoms with van der Waals surface area (Å²) in [6, 6.07) is 0.306. The molecule has 0 amide bonds. The molecule has 1 saturated heterocycles. The van der Waals surface area contributed by atoms with E-state index >= 15 is 0 Å². The molecule has 1 heterocycles. The van der Waals surface area contributed by atoms with Crippen LogP contribution in [0.4, 0.5) is 0 Å². The largest absolute Gasteiger partial charge is 0.380 e. The molecule has 5 nitrogen and oxygen atoms in total. The van der Waals surface area contributed by atoms with E-state index in [1.54, 1.807) is 11.2 Å². The van der Waals surface area contributed by atoms with Gasteiger partial charge in [0.25, 0.3) is 0 Å². The van der Waals surface area contributed by atoms with Crippen molar-refractivity contribution in [2.45, 2.75) is 38.5 Å². The minimum Gasteiger partial charge on any atom is -0.380 e. The number of rotatable bonds is 5. The Labute approximate surface area is 105 Å². The van der Waals surface area contributed by atoms with Gasteiger partial charge in [-0.05, 0) is 13.3 Å². The van der Waals surface area contributed by atoms with Crippen LogP contribution in [0, 0.1) is 0 Å². The molecule has 1 unspecified atom stereocenters. The van der Waals surface area contributed by atoms with Crippen LogP contribution in [-0.4, -0.2) is 56.9 Å². The Balaban J connectivity index is 2.58. The van der Waals surface area contributed by atoms with E-state index in [0.717, 1.165) is 6.42 Å². The van der Waals surface area contributed by atoms with Crippen LogP contribution >= 0.6 is 0 Å². The van der Waals surface area contributed by atoms with Crippen LogP contribution in [0.25, 0.3) is 0 Å². The summed E-state index contributed by atoms with van der Waals surface area (Å²) in [4.78, 5) is 0. The number of ether oxygens (including phenoxy) is 1. The van der Waals surface area contributed by atoms with Gasteiger partial charge in [-0.15, -0.1) is 0 Å². The van der Waals surface area contributed by atoms with Crippen molar-refractivity contribution < 1.29 is 13.2 Å². The van der Waals surface area contributed by atoms with Crippen molar-refractivity contribution >= 4 is 10.0 Å². The van der Waals surface area contributed by atoms with Gasteiger partial charge in [0.05, 0.1) is 11.9 Å². The molecule has 0 radical (unpaired) electrons. The summed E-state index contributed by atoms with van der Waals surface area (Å²) in [5, 5.41) is 2.78. The van der Waals surface area contributed by atoms with Crippen molar-refractivity contribution in [2.24, 2.45) is 0 Å². The van der Waals surface area contributed by atoms with E-state index in [2.05, 4.69) is 5.32 Å². The molecular formula is C11H24N2O3S. The van der Waals surface area contributed by atoms with Crippen LogP contribution in [0.3, 0.4) is 0 Å². The Morgan fingerprint density at radius 3 is 2.59 bits per heavy atom. The lowest BCUT2D eigenvalue weighted by molar-refractivity contribution is 0.148. The van der Waals surface area contributed by atoms with E-state index in [0.29, 0.717) is 38.9 Å². The predicted molar refractivity (Wildman–Crippen MR) is 68.5 cm³/mol. The molecule has 1 rings (SSSR count). The first-order valence-electron chi connectivity index (χ1n) is 6.24. The third-order valence-corrected chi connectivity index (χ3v) is 5.13. The van der Waals surface area contributed by atoms with E-state index in [1.807, 2.05) is 13.8 Å². The van der Waals surface area contributed by atoms with Crippen molar-refractivity contribution in [1.29, 1.82) is 0 Å². The molecule has 1 fully saturated rings.